The molecule has 0 unspecified atom stereocenters. The number of carbonyl (C=O) groups is 1. The number of nitrogens with one attached hydrogen (secondary N) is 2. The van der Waals surface area contributed by atoms with Crippen molar-refractivity contribution in [3.05, 3.63) is 66.4 Å². The summed E-state index contributed by atoms with van der Waals surface area (Å²) in [6, 6.07) is 11.0. The number of imidazole rings is 1. The summed E-state index contributed by atoms with van der Waals surface area (Å²) in [6.07, 6.45) is 4.85. The van der Waals surface area contributed by atoms with E-state index in [9.17, 15) is 4.79 Å². The molecule has 5 heteroatoms. The molecule has 0 radical (unpaired) electrons. The number of benzene rings is 1. The van der Waals surface area contributed by atoms with Crippen molar-refractivity contribution in [2.75, 3.05) is 5.32 Å². The molecule has 0 fully saturated rings. The van der Waals surface area contributed by atoms with Crippen molar-refractivity contribution in [2.45, 2.75) is 6.92 Å². The van der Waals surface area contributed by atoms with Crippen LogP contribution in [0.2, 0.25) is 0 Å². The summed E-state index contributed by atoms with van der Waals surface area (Å²) in [5.74, 6) is -0.159. The number of carbonyl (C=O) groups excluding carboxylic acids is 1. The Morgan fingerprint density at radius 2 is 2.00 bits per heavy atom. The van der Waals surface area contributed by atoms with Gasteiger partial charge in [0.25, 0.3) is 5.91 Å². The predicted molar refractivity (Wildman–Crippen MR) is 81.0 cm³/mol. The summed E-state index contributed by atoms with van der Waals surface area (Å²) < 4.78 is 0. The fraction of sp³-hybridized carbons (Fsp3) is 0.0625. The van der Waals surface area contributed by atoms with E-state index >= 15 is 0 Å². The summed E-state index contributed by atoms with van der Waals surface area (Å²) in [5, 5.41) is 2.88. The van der Waals surface area contributed by atoms with Crippen LogP contribution in [0.3, 0.4) is 0 Å². The Labute approximate surface area is 122 Å². The number of anilines is 1. The summed E-state index contributed by atoms with van der Waals surface area (Å²) in [7, 11) is 0. The van der Waals surface area contributed by atoms with Gasteiger partial charge in [0.05, 0.1) is 12.0 Å². The number of aryl methyl sites for hydroxylation is 1. The summed E-state index contributed by atoms with van der Waals surface area (Å²) in [4.78, 5) is 23.4. The molecule has 2 aromatic heterocycles. The maximum atomic E-state index is 12.1. The largest absolute Gasteiger partial charge is 0.348 e. The first-order chi connectivity index (χ1) is 10.2. The molecule has 104 valence electrons. The van der Waals surface area contributed by atoms with Crippen molar-refractivity contribution in [1.29, 1.82) is 0 Å². The number of hydrogen-bond donors (Lipinski definition) is 2. The van der Waals surface area contributed by atoms with Gasteiger partial charge in [-0.2, -0.15) is 0 Å². The topological polar surface area (TPSA) is 70.7 Å². The van der Waals surface area contributed by atoms with E-state index in [1.165, 1.54) is 0 Å². The molecule has 0 saturated heterocycles. The lowest BCUT2D eigenvalue weighted by Gasteiger charge is -2.07. The standard InChI is InChI=1S/C16H14N4O/c1-11-15(19-10-18-11)13-3-2-4-14(9-13)20-16(21)12-5-7-17-8-6-12/h2-10H,1H3,(H,18,19)(H,20,21). The van der Waals surface area contributed by atoms with Crippen LogP contribution in [-0.4, -0.2) is 20.9 Å². The molecule has 0 saturated carbocycles. The Balaban J connectivity index is 1.84. The van der Waals surface area contributed by atoms with E-state index in [0.717, 1.165) is 22.6 Å². The molecule has 0 aliphatic heterocycles. The monoisotopic (exact) mass is 278 g/mol. The average molecular weight is 278 g/mol. The molecular formula is C16H14N4O. The van der Waals surface area contributed by atoms with Gasteiger partial charge < -0.3 is 10.3 Å². The highest BCUT2D eigenvalue weighted by atomic mass is 16.1. The van der Waals surface area contributed by atoms with Crippen LogP contribution in [0.5, 0.6) is 0 Å². The second-order valence-corrected chi connectivity index (χ2v) is 4.65. The van der Waals surface area contributed by atoms with Crippen molar-refractivity contribution in [1.82, 2.24) is 15.0 Å². The van der Waals surface area contributed by atoms with Crippen LogP contribution in [0.4, 0.5) is 5.69 Å². The van der Waals surface area contributed by atoms with Gasteiger partial charge in [0.2, 0.25) is 0 Å². The van der Waals surface area contributed by atoms with Crippen LogP contribution >= 0.6 is 0 Å². The Morgan fingerprint density at radius 1 is 1.19 bits per heavy atom. The number of H-pyrrole nitrogens is 1. The molecule has 0 bridgehead atoms. The van der Waals surface area contributed by atoms with Crippen LogP contribution in [0.1, 0.15) is 16.1 Å². The molecule has 0 spiro atoms. The summed E-state index contributed by atoms with van der Waals surface area (Å²) >= 11 is 0. The van der Waals surface area contributed by atoms with E-state index in [-0.39, 0.29) is 5.91 Å². The van der Waals surface area contributed by atoms with Crippen molar-refractivity contribution in [3.8, 4) is 11.3 Å². The average Bonchev–Trinajstić information content (AvgIpc) is 2.94. The number of nitrogens with zero attached hydrogens (tertiary/aromatic N) is 2. The molecule has 0 aliphatic carbocycles. The second-order valence-electron chi connectivity index (χ2n) is 4.65. The van der Waals surface area contributed by atoms with Gasteiger partial charge in [0.15, 0.2) is 0 Å². The minimum Gasteiger partial charge on any atom is -0.348 e. The van der Waals surface area contributed by atoms with E-state index < -0.39 is 0 Å². The first kappa shape index (κ1) is 13.1. The lowest BCUT2D eigenvalue weighted by atomic mass is 10.1. The molecule has 5 nitrogen and oxygen atoms in total. The molecular weight excluding hydrogens is 264 g/mol. The van der Waals surface area contributed by atoms with Gasteiger partial charge in [-0.1, -0.05) is 12.1 Å². The predicted octanol–water partition coefficient (Wildman–Crippen LogP) is 3.03. The summed E-state index contributed by atoms with van der Waals surface area (Å²) in [5.41, 5.74) is 4.15. The molecule has 1 amide bonds. The zero-order valence-corrected chi connectivity index (χ0v) is 11.5. The number of hydrogen-bond acceptors (Lipinski definition) is 3. The number of aromatic amines is 1. The molecule has 2 N–H and O–H groups in total. The van der Waals surface area contributed by atoms with Gasteiger partial charge in [0.1, 0.15) is 0 Å². The van der Waals surface area contributed by atoms with Gasteiger partial charge >= 0.3 is 0 Å². The van der Waals surface area contributed by atoms with E-state index in [4.69, 9.17) is 0 Å². The number of rotatable bonds is 3. The molecule has 2 heterocycles. The van der Waals surface area contributed by atoms with Crippen LogP contribution in [0.15, 0.2) is 55.1 Å². The third-order valence-corrected chi connectivity index (χ3v) is 3.17. The second kappa shape index (κ2) is 5.58. The highest BCUT2D eigenvalue weighted by Crippen LogP contribution is 2.23. The van der Waals surface area contributed by atoms with Crippen molar-refractivity contribution in [3.63, 3.8) is 0 Å². The van der Waals surface area contributed by atoms with Gasteiger partial charge in [-0.25, -0.2) is 4.98 Å². The highest BCUT2D eigenvalue weighted by molar-refractivity contribution is 6.04. The number of aromatic nitrogens is 3. The van der Waals surface area contributed by atoms with Gasteiger partial charge in [-0.15, -0.1) is 0 Å². The van der Waals surface area contributed by atoms with E-state index in [1.54, 1.807) is 30.9 Å². The maximum absolute atomic E-state index is 12.1. The van der Waals surface area contributed by atoms with Crippen LogP contribution < -0.4 is 5.32 Å². The van der Waals surface area contributed by atoms with Crippen LogP contribution in [0, 0.1) is 6.92 Å². The van der Waals surface area contributed by atoms with Crippen molar-refractivity contribution >= 4 is 11.6 Å². The van der Waals surface area contributed by atoms with E-state index in [0.29, 0.717) is 5.56 Å². The highest BCUT2D eigenvalue weighted by Gasteiger charge is 2.08. The minimum absolute atomic E-state index is 0.159. The molecule has 3 rings (SSSR count). The molecule has 0 aliphatic rings. The zero-order chi connectivity index (χ0) is 14.7. The Kier molecular flexibility index (Phi) is 3.47. The quantitative estimate of drug-likeness (QED) is 0.773. The third-order valence-electron chi connectivity index (χ3n) is 3.17. The molecule has 0 atom stereocenters. The number of amides is 1. The van der Waals surface area contributed by atoms with Crippen molar-refractivity contribution < 1.29 is 4.79 Å². The smallest absolute Gasteiger partial charge is 0.255 e. The fourth-order valence-corrected chi connectivity index (χ4v) is 2.10. The first-order valence-corrected chi connectivity index (χ1v) is 6.56. The van der Waals surface area contributed by atoms with E-state index in [1.807, 2.05) is 31.2 Å². The van der Waals surface area contributed by atoms with Gasteiger partial charge in [-0.05, 0) is 31.2 Å². The Morgan fingerprint density at radius 3 is 2.71 bits per heavy atom. The van der Waals surface area contributed by atoms with Gasteiger partial charge in [0, 0.05) is 34.9 Å². The molecule has 3 aromatic rings. The van der Waals surface area contributed by atoms with Gasteiger partial charge in [-0.3, -0.25) is 9.78 Å². The first-order valence-electron chi connectivity index (χ1n) is 6.56. The SMILES string of the molecule is Cc1[nH]cnc1-c1cccc(NC(=O)c2ccncc2)c1. The fourth-order valence-electron chi connectivity index (χ4n) is 2.10. The van der Waals surface area contributed by atoms with E-state index in [2.05, 4.69) is 20.3 Å². The van der Waals surface area contributed by atoms with Crippen molar-refractivity contribution in [2.24, 2.45) is 0 Å². The third kappa shape index (κ3) is 2.81. The lowest BCUT2D eigenvalue weighted by molar-refractivity contribution is 0.102. The minimum atomic E-state index is -0.159. The maximum Gasteiger partial charge on any atom is 0.255 e. The van der Waals surface area contributed by atoms with Crippen LogP contribution in [-0.2, 0) is 0 Å². The molecule has 1 aromatic carbocycles. The molecule has 21 heavy (non-hydrogen) atoms. The summed E-state index contributed by atoms with van der Waals surface area (Å²) in [6.45, 7) is 1.96. The number of pyridine rings is 1. The normalized spacial score (nSPS) is 10.3. The Bertz CT molecular complexity index is 765. The Hall–Kier alpha value is -2.95. The van der Waals surface area contributed by atoms with Crippen LogP contribution in [0.25, 0.3) is 11.3 Å². The zero-order valence-electron chi connectivity index (χ0n) is 11.5. The lowest BCUT2D eigenvalue weighted by Crippen LogP contribution is -2.11.